The second-order valence-electron chi connectivity index (χ2n) is 10.0. The number of nitrogens with zero attached hydrogens (tertiary/aromatic N) is 2. The average molecular weight is 457 g/mol. The molecule has 2 saturated heterocycles. The van der Waals surface area contributed by atoms with Gasteiger partial charge in [-0.3, -0.25) is 24.8 Å². The molecule has 1 saturated carbocycles. The van der Waals surface area contributed by atoms with Gasteiger partial charge in [-0.1, -0.05) is 37.3 Å². The van der Waals surface area contributed by atoms with Gasteiger partial charge in [0.25, 0.3) is 0 Å². The van der Waals surface area contributed by atoms with E-state index >= 15 is 0 Å². The van der Waals surface area contributed by atoms with Gasteiger partial charge in [0.15, 0.2) is 0 Å². The minimum Gasteiger partial charge on any atom is -0.358 e. The van der Waals surface area contributed by atoms with Crippen LogP contribution in [0.5, 0.6) is 0 Å². The van der Waals surface area contributed by atoms with Crippen LogP contribution >= 0.6 is 0 Å². The zero-order valence-electron chi connectivity index (χ0n) is 20.2. The lowest BCUT2D eigenvalue weighted by Crippen LogP contribution is -2.60. The molecule has 0 bridgehead atoms. The van der Waals surface area contributed by atoms with E-state index in [9.17, 15) is 9.59 Å². The maximum atomic E-state index is 13.0. The Kier molecular flexibility index (Phi) is 8.01. The zero-order valence-corrected chi connectivity index (χ0v) is 20.2. The van der Waals surface area contributed by atoms with Gasteiger partial charge >= 0.3 is 0 Å². The van der Waals surface area contributed by atoms with Crippen LogP contribution in [0.4, 0.5) is 0 Å². The van der Waals surface area contributed by atoms with Crippen LogP contribution in [0.3, 0.4) is 0 Å². The lowest BCUT2D eigenvalue weighted by molar-refractivity contribution is -0.129. The van der Waals surface area contributed by atoms with Crippen molar-refractivity contribution in [2.45, 2.75) is 62.7 Å². The molecule has 1 aromatic carbocycles. The third-order valence-electron chi connectivity index (χ3n) is 8.00. The molecular weight excluding hydrogens is 416 g/mol. The summed E-state index contributed by atoms with van der Waals surface area (Å²) in [6.07, 6.45) is 4.04. The van der Waals surface area contributed by atoms with Crippen molar-refractivity contribution >= 4 is 11.8 Å². The Bertz CT molecular complexity index is 805. The Morgan fingerprint density at radius 1 is 1.12 bits per heavy atom. The molecule has 6 atom stereocenters. The number of carbonyl (C=O) groups excluding carboxylic acids is 2. The summed E-state index contributed by atoms with van der Waals surface area (Å²) in [5.74, 6) is 0.954. The highest BCUT2D eigenvalue weighted by Crippen LogP contribution is 2.33. The van der Waals surface area contributed by atoms with Crippen LogP contribution in [0.1, 0.15) is 44.1 Å². The monoisotopic (exact) mass is 456 g/mol. The number of hydrazine groups is 1. The van der Waals surface area contributed by atoms with Gasteiger partial charge < -0.3 is 10.6 Å². The number of rotatable bonds is 7. The predicted molar refractivity (Wildman–Crippen MR) is 130 cm³/mol. The average Bonchev–Trinajstić information content (AvgIpc) is 3.27. The predicted octanol–water partition coefficient (Wildman–Crippen LogP) is 0.672. The van der Waals surface area contributed by atoms with E-state index in [-0.39, 0.29) is 23.9 Å². The van der Waals surface area contributed by atoms with E-state index in [1.807, 2.05) is 6.07 Å². The summed E-state index contributed by atoms with van der Waals surface area (Å²) in [4.78, 5) is 29.9. The summed E-state index contributed by atoms with van der Waals surface area (Å²) in [5, 5.41) is 5.96. The van der Waals surface area contributed by atoms with Gasteiger partial charge in [0.1, 0.15) is 12.1 Å². The molecule has 4 rings (SSSR count). The molecule has 2 amide bonds. The lowest BCUT2D eigenvalue weighted by Gasteiger charge is -2.45. The van der Waals surface area contributed by atoms with Crippen LogP contribution in [0.2, 0.25) is 0 Å². The fourth-order valence-corrected chi connectivity index (χ4v) is 5.78. The van der Waals surface area contributed by atoms with Crippen LogP contribution in [0, 0.1) is 5.92 Å². The molecule has 6 unspecified atom stereocenters. The zero-order chi connectivity index (χ0) is 23.4. The smallest absolute Gasteiger partial charge is 0.238 e. The highest BCUT2D eigenvalue weighted by molar-refractivity contribution is 5.82. The number of fused-ring (bicyclic) bond motifs is 1. The van der Waals surface area contributed by atoms with Crippen molar-refractivity contribution in [1.29, 1.82) is 0 Å². The van der Waals surface area contributed by atoms with E-state index in [0.29, 0.717) is 30.5 Å². The minimum absolute atomic E-state index is 0.0614. The summed E-state index contributed by atoms with van der Waals surface area (Å²) >= 11 is 0. The van der Waals surface area contributed by atoms with Gasteiger partial charge in [0.2, 0.25) is 11.8 Å². The standard InChI is InChI=1S/C25H40N6O2/c1-17(18-7-5-4-6-8-18)11-12-27-24(32)22-16-31(14-13-30(22)3)19-9-10-20-21(15-19)28-29-23(20)25(33)26-2/h4-8,17,19-23,28-29H,9-16H2,1-3H3,(H,26,33)(H,27,32). The van der Waals surface area contributed by atoms with Crippen molar-refractivity contribution in [1.82, 2.24) is 31.3 Å². The maximum Gasteiger partial charge on any atom is 0.238 e. The molecular formula is C25H40N6O2. The summed E-state index contributed by atoms with van der Waals surface area (Å²) < 4.78 is 0. The molecule has 182 valence electrons. The second kappa shape index (κ2) is 11.0. The van der Waals surface area contributed by atoms with Gasteiger partial charge in [-0.15, -0.1) is 0 Å². The van der Waals surface area contributed by atoms with E-state index in [4.69, 9.17) is 0 Å². The van der Waals surface area contributed by atoms with Gasteiger partial charge in [0.05, 0.1) is 0 Å². The summed E-state index contributed by atoms with van der Waals surface area (Å²) in [5.41, 5.74) is 7.88. The van der Waals surface area contributed by atoms with Gasteiger partial charge in [-0.25, -0.2) is 5.43 Å². The molecule has 33 heavy (non-hydrogen) atoms. The first-order valence-electron chi connectivity index (χ1n) is 12.5. The van der Waals surface area contributed by atoms with E-state index in [0.717, 1.165) is 45.3 Å². The SMILES string of the molecule is CNC(=O)C1NNC2CC(N3CCN(C)C(C(=O)NCCC(C)c4ccccc4)C3)CCC21. The highest BCUT2D eigenvalue weighted by atomic mass is 16.2. The Morgan fingerprint density at radius 2 is 1.91 bits per heavy atom. The van der Waals surface area contributed by atoms with Crippen molar-refractivity contribution in [3.63, 3.8) is 0 Å². The lowest BCUT2D eigenvalue weighted by atomic mass is 9.78. The first-order valence-corrected chi connectivity index (χ1v) is 12.5. The molecule has 8 heteroatoms. The number of likely N-dealkylation sites (N-methyl/N-ethyl adjacent to an activating group) is 2. The van der Waals surface area contributed by atoms with E-state index in [1.54, 1.807) is 7.05 Å². The maximum absolute atomic E-state index is 13.0. The molecule has 0 radical (unpaired) electrons. The molecule has 3 aliphatic rings. The fraction of sp³-hybridized carbons (Fsp3) is 0.680. The number of hydrogen-bond acceptors (Lipinski definition) is 6. The molecule has 3 fully saturated rings. The number of benzene rings is 1. The Labute approximate surface area is 197 Å². The number of hydrogen-bond donors (Lipinski definition) is 4. The van der Waals surface area contributed by atoms with Crippen LogP contribution in [0.15, 0.2) is 30.3 Å². The van der Waals surface area contributed by atoms with Gasteiger partial charge in [0, 0.05) is 51.2 Å². The van der Waals surface area contributed by atoms with Crippen LogP contribution in [0.25, 0.3) is 0 Å². The van der Waals surface area contributed by atoms with Gasteiger partial charge in [-0.2, -0.15) is 0 Å². The molecule has 2 aliphatic heterocycles. The van der Waals surface area contributed by atoms with Gasteiger partial charge in [-0.05, 0) is 44.2 Å². The third-order valence-corrected chi connectivity index (χ3v) is 8.00. The minimum atomic E-state index is -0.148. The molecule has 8 nitrogen and oxygen atoms in total. The summed E-state index contributed by atoms with van der Waals surface area (Å²) in [7, 11) is 3.75. The quantitative estimate of drug-likeness (QED) is 0.483. The van der Waals surface area contributed by atoms with Crippen molar-refractivity contribution in [3.05, 3.63) is 35.9 Å². The fourth-order valence-electron chi connectivity index (χ4n) is 5.78. The molecule has 0 aromatic heterocycles. The summed E-state index contributed by atoms with van der Waals surface area (Å²) in [6.45, 7) is 5.57. The van der Waals surface area contributed by atoms with Crippen molar-refractivity contribution in [2.24, 2.45) is 5.92 Å². The first-order chi connectivity index (χ1) is 16.0. The summed E-state index contributed by atoms with van der Waals surface area (Å²) in [6, 6.07) is 11.0. The number of carbonyl (C=O) groups is 2. The Morgan fingerprint density at radius 3 is 2.67 bits per heavy atom. The number of piperazine rings is 1. The molecule has 2 heterocycles. The number of amides is 2. The van der Waals surface area contributed by atoms with E-state index in [2.05, 4.69) is 69.5 Å². The third kappa shape index (κ3) is 5.57. The first kappa shape index (κ1) is 24.1. The Hall–Kier alpha value is -2.00. The van der Waals surface area contributed by atoms with Crippen molar-refractivity contribution < 1.29 is 9.59 Å². The van der Waals surface area contributed by atoms with Crippen LogP contribution < -0.4 is 21.5 Å². The number of nitrogens with one attached hydrogen (secondary N) is 4. The van der Waals surface area contributed by atoms with Crippen LogP contribution in [-0.4, -0.2) is 86.1 Å². The normalized spacial score (nSPS) is 31.5. The van der Waals surface area contributed by atoms with E-state index < -0.39 is 0 Å². The molecule has 0 spiro atoms. The van der Waals surface area contributed by atoms with Crippen molar-refractivity contribution in [2.75, 3.05) is 40.3 Å². The topological polar surface area (TPSA) is 88.7 Å². The van der Waals surface area contributed by atoms with Crippen molar-refractivity contribution in [3.8, 4) is 0 Å². The molecule has 4 N–H and O–H groups in total. The highest BCUT2D eigenvalue weighted by Gasteiger charge is 2.45. The Balaban J connectivity index is 1.27. The largest absolute Gasteiger partial charge is 0.358 e. The van der Waals surface area contributed by atoms with E-state index in [1.165, 1.54) is 5.56 Å². The molecule has 1 aromatic rings. The molecule has 1 aliphatic carbocycles. The second-order valence-corrected chi connectivity index (χ2v) is 10.0. The van der Waals surface area contributed by atoms with Crippen LogP contribution in [-0.2, 0) is 9.59 Å².